The summed E-state index contributed by atoms with van der Waals surface area (Å²) < 4.78 is 7.32. The number of amides is 1. The van der Waals surface area contributed by atoms with Crippen LogP contribution < -0.4 is 5.32 Å². The second-order valence-electron chi connectivity index (χ2n) is 7.24. The second-order valence-corrected chi connectivity index (χ2v) is 7.24. The van der Waals surface area contributed by atoms with E-state index in [0.29, 0.717) is 26.2 Å². The molecule has 1 saturated heterocycles. The fourth-order valence-corrected chi connectivity index (χ4v) is 2.97. The molecule has 0 aliphatic carbocycles. The molecule has 2 aliphatic rings. The number of fused-ring (bicyclic) bond motifs is 1. The summed E-state index contributed by atoms with van der Waals surface area (Å²) in [4.78, 5) is 20.9. The number of nitrogens with zero attached hydrogens (tertiary/aromatic N) is 5. The lowest BCUT2D eigenvalue weighted by Gasteiger charge is -2.39. The van der Waals surface area contributed by atoms with E-state index in [1.54, 1.807) is 11.1 Å². The largest absolute Gasteiger partial charge is 0.444 e. The molecule has 3 rings (SSSR count). The molecule has 25 heavy (non-hydrogen) atoms. The third kappa shape index (κ3) is 4.77. The molecule has 1 unspecified atom stereocenters. The number of nitrogens with one attached hydrogen (secondary N) is 1. The molecule has 1 fully saturated rings. The number of hydrogen-bond donors (Lipinski definition) is 1. The van der Waals surface area contributed by atoms with Gasteiger partial charge in [0, 0.05) is 32.9 Å². The van der Waals surface area contributed by atoms with Crippen molar-refractivity contribution in [2.45, 2.75) is 39.0 Å². The van der Waals surface area contributed by atoms with Crippen LogP contribution in [0.1, 0.15) is 26.5 Å². The topological polar surface area (TPSA) is 75.0 Å². The Morgan fingerprint density at radius 2 is 2.16 bits per heavy atom. The SMILES string of the molecule is Cn1nccc1CNC1=NCC2CN(C(=O)OC(C)(C)C)CCN12.I. The fourth-order valence-electron chi connectivity index (χ4n) is 2.97. The van der Waals surface area contributed by atoms with E-state index in [1.165, 1.54) is 0 Å². The molecule has 1 aromatic heterocycles. The van der Waals surface area contributed by atoms with Gasteiger partial charge < -0.3 is 19.9 Å². The number of aryl methyl sites for hydroxylation is 1. The van der Waals surface area contributed by atoms with Crippen LogP contribution in [0.4, 0.5) is 4.79 Å². The van der Waals surface area contributed by atoms with Crippen LogP contribution >= 0.6 is 24.0 Å². The second kappa shape index (κ2) is 7.79. The molecule has 3 heterocycles. The van der Waals surface area contributed by atoms with Gasteiger partial charge >= 0.3 is 6.09 Å². The van der Waals surface area contributed by atoms with Crippen molar-refractivity contribution in [3.05, 3.63) is 18.0 Å². The van der Waals surface area contributed by atoms with Gasteiger partial charge in [0.25, 0.3) is 0 Å². The van der Waals surface area contributed by atoms with Crippen LogP contribution in [0.2, 0.25) is 0 Å². The van der Waals surface area contributed by atoms with Gasteiger partial charge in [-0.2, -0.15) is 5.10 Å². The zero-order chi connectivity index (χ0) is 17.3. The Morgan fingerprint density at radius 1 is 1.40 bits per heavy atom. The summed E-state index contributed by atoms with van der Waals surface area (Å²) in [5.74, 6) is 0.907. The molecule has 0 spiro atoms. The number of carbonyl (C=O) groups excluding carboxylic acids is 1. The summed E-state index contributed by atoms with van der Waals surface area (Å²) in [5, 5.41) is 7.55. The molecule has 140 valence electrons. The predicted molar refractivity (Wildman–Crippen MR) is 106 cm³/mol. The Kier molecular flexibility index (Phi) is 6.17. The highest BCUT2D eigenvalue weighted by molar-refractivity contribution is 14.0. The van der Waals surface area contributed by atoms with Gasteiger partial charge in [0.15, 0.2) is 5.96 Å². The van der Waals surface area contributed by atoms with Gasteiger partial charge in [-0.1, -0.05) is 0 Å². The summed E-state index contributed by atoms with van der Waals surface area (Å²) in [6.45, 7) is 9.12. The smallest absolute Gasteiger partial charge is 0.410 e. The standard InChI is InChI=1S/C16H26N6O2.HI/c1-16(2,3)24-15(23)21-7-8-22-13(11-21)10-18-14(22)17-9-12-5-6-19-20(12)4;/h5-6,13H,7-11H2,1-4H3,(H,17,18);1H. The van der Waals surface area contributed by atoms with Crippen molar-refractivity contribution >= 4 is 36.0 Å². The lowest BCUT2D eigenvalue weighted by Crippen LogP contribution is -2.57. The molecule has 2 aliphatic heterocycles. The molecule has 1 amide bonds. The summed E-state index contributed by atoms with van der Waals surface area (Å²) in [5.41, 5.74) is 0.643. The lowest BCUT2D eigenvalue weighted by atomic mass is 10.2. The Hall–Kier alpha value is -1.52. The Balaban J connectivity index is 0.00000225. The first kappa shape index (κ1) is 19.8. The Labute approximate surface area is 165 Å². The van der Waals surface area contributed by atoms with E-state index in [-0.39, 0.29) is 36.1 Å². The molecular formula is C16H27IN6O2. The molecule has 1 N–H and O–H groups in total. The van der Waals surface area contributed by atoms with Crippen molar-refractivity contribution in [2.24, 2.45) is 12.0 Å². The van der Waals surface area contributed by atoms with Crippen LogP contribution in [0.5, 0.6) is 0 Å². The maximum absolute atomic E-state index is 12.2. The highest BCUT2D eigenvalue weighted by Crippen LogP contribution is 2.18. The average Bonchev–Trinajstić information content (AvgIpc) is 3.09. The highest BCUT2D eigenvalue weighted by Gasteiger charge is 2.36. The predicted octanol–water partition coefficient (Wildman–Crippen LogP) is 1.42. The van der Waals surface area contributed by atoms with Crippen molar-refractivity contribution < 1.29 is 9.53 Å². The summed E-state index contributed by atoms with van der Waals surface area (Å²) in [6, 6.07) is 2.21. The maximum Gasteiger partial charge on any atom is 0.410 e. The van der Waals surface area contributed by atoms with Gasteiger partial charge in [-0.3, -0.25) is 9.67 Å². The third-order valence-corrected chi connectivity index (χ3v) is 4.21. The lowest BCUT2D eigenvalue weighted by molar-refractivity contribution is 0.0137. The minimum Gasteiger partial charge on any atom is -0.444 e. The van der Waals surface area contributed by atoms with Crippen LogP contribution in [0.15, 0.2) is 17.3 Å². The van der Waals surface area contributed by atoms with E-state index in [1.807, 2.05) is 38.6 Å². The van der Waals surface area contributed by atoms with Gasteiger partial charge in [0.2, 0.25) is 0 Å². The van der Waals surface area contributed by atoms with Crippen LogP contribution in [0.3, 0.4) is 0 Å². The number of piperazine rings is 1. The third-order valence-electron chi connectivity index (χ3n) is 4.21. The molecule has 0 bridgehead atoms. The van der Waals surface area contributed by atoms with E-state index in [9.17, 15) is 4.79 Å². The highest BCUT2D eigenvalue weighted by atomic mass is 127. The van der Waals surface area contributed by atoms with E-state index in [2.05, 4.69) is 20.3 Å². The van der Waals surface area contributed by atoms with Crippen LogP contribution in [0, 0.1) is 0 Å². The normalized spacial score (nSPS) is 19.8. The van der Waals surface area contributed by atoms with Crippen LogP contribution in [0.25, 0.3) is 0 Å². The van der Waals surface area contributed by atoms with Crippen LogP contribution in [-0.2, 0) is 18.3 Å². The maximum atomic E-state index is 12.2. The number of aromatic nitrogens is 2. The van der Waals surface area contributed by atoms with E-state index >= 15 is 0 Å². The van der Waals surface area contributed by atoms with E-state index < -0.39 is 5.60 Å². The van der Waals surface area contributed by atoms with Crippen molar-refractivity contribution in [3.8, 4) is 0 Å². The fraction of sp³-hybridized carbons (Fsp3) is 0.688. The number of aliphatic imine (C=N–C) groups is 1. The Bertz CT molecular complexity index is 639. The van der Waals surface area contributed by atoms with Gasteiger partial charge in [-0.15, -0.1) is 24.0 Å². The van der Waals surface area contributed by atoms with Gasteiger partial charge in [-0.05, 0) is 26.8 Å². The van der Waals surface area contributed by atoms with Crippen molar-refractivity contribution in [1.29, 1.82) is 0 Å². The first-order valence-electron chi connectivity index (χ1n) is 8.33. The van der Waals surface area contributed by atoms with Crippen molar-refractivity contribution in [1.82, 2.24) is 24.9 Å². The zero-order valence-electron chi connectivity index (χ0n) is 15.2. The minimum absolute atomic E-state index is 0. The molecule has 8 nitrogen and oxygen atoms in total. The number of halogens is 1. The van der Waals surface area contributed by atoms with Crippen molar-refractivity contribution in [3.63, 3.8) is 0 Å². The monoisotopic (exact) mass is 462 g/mol. The van der Waals surface area contributed by atoms with Gasteiger partial charge in [0.05, 0.1) is 24.8 Å². The number of rotatable bonds is 2. The minimum atomic E-state index is -0.462. The van der Waals surface area contributed by atoms with Gasteiger partial charge in [-0.25, -0.2) is 4.79 Å². The number of hydrogen-bond acceptors (Lipinski definition) is 6. The number of carbonyl (C=O) groups is 1. The number of ether oxygens (including phenoxy) is 1. The zero-order valence-corrected chi connectivity index (χ0v) is 17.6. The molecule has 1 atom stereocenters. The first-order chi connectivity index (χ1) is 11.3. The molecule has 0 saturated carbocycles. The van der Waals surface area contributed by atoms with Crippen LogP contribution in [-0.4, -0.2) is 69.5 Å². The van der Waals surface area contributed by atoms with Gasteiger partial charge in [0.1, 0.15) is 5.60 Å². The molecular weight excluding hydrogens is 435 g/mol. The first-order valence-corrected chi connectivity index (χ1v) is 8.33. The molecule has 0 radical (unpaired) electrons. The summed E-state index contributed by atoms with van der Waals surface area (Å²) in [6.07, 6.45) is 1.55. The molecule has 0 aromatic carbocycles. The number of guanidine groups is 1. The summed E-state index contributed by atoms with van der Waals surface area (Å²) >= 11 is 0. The Morgan fingerprint density at radius 3 is 2.80 bits per heavy atom. The van der Waals surface area contributed by atoms with E-state index in [4.69, 9.17) is 4.74 Å². The molecule has 1 aromatic rings. The molecule has 9 heteroatoms. The summed E-state index contributed by atoms with van der Waals surface area (Å²) in [7, 11) is 1.93. The van der Waals surface area contributed by atoms with E-state index in [0.717, 1.165) is 18.2 Å². The van der Waals surface area contributed by atoms with Crippen molar-refractivity contribution in [2.75, 3.05) is 26.2 Å². The quantitative estimate of drug-likeness (QED) is 0.674. The average molecular weight is 462 g/mol.